The van der Waals surface area contributed by atoms with Crippen molar-refractivity contribution >= 4 is 11.6 Å². The van der Waals surface area contributed by atoms with Crippen molar-refractivity contribution in [2.45, 2.75) is 26.7 Å². The van der Waals surface area contributed by atoms with E-state index in [9.17, 15) is 0 Å². The van der Waals surface area contributed by atoms with Crippen molar-refractivity contribution in [2.24, 2.45) is 5.92 Å². The zero-order chi connectivity index (χ0) is 7.11. The minimum atomic E-state index is 0.331. The van der Waals surface area contributed by atoms with Crippen LogP contribution in [-0.4, -0.2) is 12.7 Å². The van der Waals surface area contributed by atoms with Gasteiger partial charge in [-0.2, -0.15) is 0 Å². The van der Waals surface area contributed by atoms with Gasteiger partial charge in [0.1, 0.15) is 6.07 Å². The SMILES string of the molecule is CC(C)CCCOCCl. The van der Waals surface area contributed by atoms with Gasteiger partial charge in [0.2, 0.25) is 0 Å². The first-order valence-electron chi connectivity index (χ1n) is 3.41. The molecule has 0 spiro atoms. The average Bonchev–Trinajstić information content (AvgIpc) is 1.80. The van der Waals surface area contributed by atoms with Gasteiger partial charge >= 0.3 is 0 Å². The molecular formula is C7H15ClO. The maximum atomic E-state index is 5.29. The Morgan fingerprint density at radius 2 is 2.11 bits per heavy atom. The van der Waals surface area contributed by atoms with E-state index in [1.807, 2.05) is 0 Å². The predicted molar refractivity (Wildman–Crippen MR) is 40.7 cm³/mol. The predicted octanol–water partition coefficient (Wildman–Crippen LogP) is 2.64. The summed E-state index contributed by atoms with van der Waals surface area (Å²) in [4.78, 5) is 0. The third-order valence-electron chi connectivity index (χ3n) is 1.15. The summed E-state index contributed by atoms with van der Waals surface area (Å²) in [6.07, 6.45) is 2.36. The van der Waals surface area contributed by atoms with Gasteiger partial charge in [-0.3, -0.25) is 0 Å². The van der Waals surface area contributed by atoms with Crippen LogP contribution in [0.25, 0.3) is 0 Å². The molecule has 0 heterocycles. The van der Waals surface area contributed by atoms with Crippen LogP contribution in [0.2, 0.25) is 0 Å². The molecule has 0 radical (unpaired) electrons. The van der Waals surface area contributed by atoms with Gasteiger partial charge in [0.15, 0.2) is 0 Å². The molecule has 9 heavy (non-hydrogen) atoms. The molecule has 0 rings (SSSR count). The van der Waals surface area contributed by atoms with Crippen molar-refractivity contribution in [2.75, 3.05) is 12.7 Å². The van der Waals surface area contributed by atoms with Gasteiger partial charge in [0.25, 0.3) is 0 Å². The Morgan fingerprint density at radius 1 is 1.44 bits per heavy atom. The molecule has 0 saturated heterocycles. The van der Waals surface area contributed by atoms with Crippen LogP contribution in [0.4, 0.5) is 0 Å². The lowest BCUT2D eigenvalue weighted by molar-refractivity contribution is 0.170. The monoisotopic (exact) mass is 150 g/mol. The molecule has 0 unspecified atom stereocenters. The van der Waals surface area contributed by atoms with Crippen LogP contribution in [-0.2, 0) is 4.74 Å². The Labute approximate surface area is 62.3 Å². The van der Waals surface area contributed by atoms with Crippen LogP contribution in [0, 0.1) is 5.92 Å². The number of hydrogen-bond acceptors (Lipinski definition) is 1. The van der Waals surface area contributed by atoms with E-state index in [1.54, 1.807) is 0 Å². The molecule has 0 aromatic carbocycles. The maximum Gasteiger partial charge on any atom is 0.120 e. The minimum absolute atomic E-state index is 0.331. The van der Waals surface area contributed by atoms with Crippen molar-refractivity contribution in [3.8, 4) is 0 Å². The fourth-order valence-corrected chi connectivity index (χ4v) is 0.757. The van der Waals surface area contributed by atoms with Crippen LogP contribution in [0.3, 0.4) is 0 Å². The lowest BCUT2D eigenvalue weighted by atomic mass is 10.1. The zero-order valence-electron chi connectivity index (χ0n) is 6.19. The fourth-order valence-electron chi connectivity index (χ4n) is 0.648. The third kappa shape index (κ3) is 8.25. The van der Waals surface area contributed by atoms with Crippen LogP contribution >= 0.6 is 11.6 Å². The summed E-state index contributed by atoms with van der Waals surface area (Å²) in [7, 11) is 0. The quantitative estimate of drug-likeness (QED) is 0.433. The maximum absolute atomic E-state index is 5.29. The largest absolute Gasteiger partial charge is 0.366 e. The lowest BCUT2D eigenvalue weighted by Crippen LogP contribution is -1.94. The van der Waals surface area contributed by atoms with E-state index in [0.717, 1.165) is 18.9 Å². The Morgan fingerprint density at radius 3 is 2.56 bits per heavy atom. The molecule has 0 aromatic rings. The van der Waals surface area contributed by atoms with Gasteiger partial charge in [-0.15, -0.1) is 0 Å². The van der Waals surface area contributed by atoms with E-state index in [0.29, 0.717) is 6.07 Å². The van der Waals surface area contributed by atoms with E-state index in [2.05, 4.69) is 13.8 Å². The van der Waals surface area contributed by atoms with E-state index in [1.165, 1.54) is 6.42 Å². The van der Waals surface area contributed by atoms with Gasteiger partial charge in [-0.1, -0.05) is 25.4 Å². The van der Waals surface area contributed by atoms with Crippen molar-refractivity contribution in [3.63, 3.8) is 0 Å². The number of halogens is 1. The molecule has 56 valence electrons. The molecular weight excluding hydrogens is 136 g/mol. The van der Waals surface area contributed by atoms with E-state index in [4.69, 9.17) is 16.3 Å². The zero-order valence-corrected chi connectivity index (χ0v) is 6.95. The average molecular weight is 151 g/mol. The second-order valence-corrected chi connectivity index (χ2v) is 2.77. The lowest BCUT2D eigenvalue weighted by Gasteiger charge is -2.02. The molecule has 0 bridgehead atoms. The highest BCUT2D eigenvalue weighted by atomic mass is 35.5. The summed E-state index contributed by atoms with van der Waals surface area (Å²) < 4.78 is 4.95. The van der Waals surface area contributed by atoms with E-state index >= 15 is 0 Å². The Bertz CT molecular complexity index is 54.9. The molecule has 2 heteroatoms. The second kappa shape index (κ2) is 6.37. The summed E-state index contributed by atoms with van der Waals surface area (Å²) in [6, 6.07) is 0.331. The minimum Gasteiger partial charge on any atom is -0.366 e. The molecule has 0 fully saturated rings. The third-order valence-corrected chi connectivity index (χ3v) is 1.30. The number of rotatable bonds is 5. The first-order chi connectivity index (χ1) is 4.27. The summed E-state index contributed by atoms with van der Waals surface area (Å²) >= 11 is 5.29. The van der Waals surface area contributed by atoms with Crippen LogP contribution in [0.15, 0.2) is 0 Å². The van der Waals surface area contributed by atoms with Gasteiger partial charge in [-0.25, -0.2) is 0 Å². The van der Waals surface area contributed by atoms with E-state index in [-0.39, 0.29) is 0 Å². The van der Waals surface area contributed by atoms with Crippen molar-refractivity contribution in [1.82, 2.24) is 0 Å². The molecule has 0 aromatic heterocycles. The topological polar surface area (TPSA) is 9.23 Å². The molecule has 0 N–H and O–H groups in total. The standard InChI is InChI=1S/C7H15ClO/c1-7(2)4-3-5-9-6-8/h7H,3-6H2,1-2H3. The summed E-state index contributed by atoms with van der Waals surface area (Å²) in [5, 5.41) is 0. The van der Waals surface area contributed by atoms with Crippen molar-refractivity contribution < 1.29 is 4.74 Å². The highest BCUT2D eigenvalue weighted by molar-refractivity contribution is 6.17. The van der Waals surface area contributed by atoms with Crippen LogP contribution < -0.4 is 0 Å². The Hall–Kier alpha value is 0.250. The van der Waals surface area contributed by atoms with Crippen molar-refractivity contribution in [3.05, 3.63) is 0 Å². The first kappa shape index (κ1) is 9.25. The highest BCUT2D eigenvalue weighted by Gasteiger charge is 1.92. The van der Waals surface area contributed by atoms with Gasteiger partial charge < -0.3 is 4.74 Å². The first-order valence-corrected chi connectivity index (χ1v) is 3.94. The van der Waals surface area contributed by atoms with Gasteiger partial charge in [0, 0.05) is 6.61 Å². The molecule has 0 amide bonds. The second-order valence-electron chi connectivity index (χ2n) is 2.55. The molecule has 0 saturated carbocycles. The molecule has 0 aliphatic heterocycles. The molecule has 1 nitrogen and oxygen atoms in total. The normalized spacial score (nSPS) is 10.7. The van der Waals surface area contributed by atoms with E-state index < -0.39 is 0 Å². The van der Waals surface area contributed by atoms with Gasteiger partial charge in [-0.05, 0) is 18.8 Å². The summed E-state index contributed by atoms with van der Waals surface area (Å²) in [5.41, 5.74) is 0. The van der Waals surface area contributed by atoms with Gasteiger partial charge in [0.05, 0.1) is 0 Å². The Kier molecular flexibility index (Phi) is 6.55. The number of hydrogen-bond donors (Lipinski definition) is 0. The Balaban J connectivity index is 2.75. The smallest absolute Gasteiger partial charge is 0.120 e. The molecule has 0 aliphatic rings. The summed E-state index contributed by atoms with van der Waals surface area (Å²) in [5.74, 6) is 0.781. The van der Waals surface area contributed by atoms with Crippen LogP contribution in [0.5, 0.6) is 0 Å². The number of ether oxygens (including phenoxy) is 1. The fraction of sp³-hybridized carbons (Fsp3) is 1.00. The molecule has 0 atom stereocenters. The summed E-state index contributed by atoms with van der Waals surface area (Å²) in [6.45, 7) is 5.23. The van der Waals surface area contributed by atoms with Crippen molar-refractivity contribution in [1.29, 1.82) is 0 Å². The number of alkyl halides is 1. The van der Waals surface area contributed by atoms with Crippen LogP contribution in [0.1, 0.15) is 26.7 Å². The highest BCUT2D eigenvalue weighted by Crippen LogP contribution is 2.02. The molecule has 0 aliphatic carbocycles.